The number of nitrogens with zero attached hydrogens (tertiary/aromatic N) is 1. The van der Waals surface area contributed by atoms with Gasteiger partial charge in [-0.2, -0.15) is 0 Å². The van der Waals surface area contributed by atoms with Crippen LogP contribution in [0.15, 0.2) is 10.6 Å². The number of hydrogen-bond donors (Lipinski definition) is 2. The Morgan fingerprint density at radius 2 is 2.16 bits per heavy atom. The molecule has 2 unspecified atom stereocenters. The van der Waals surface area contributed by atoms with Crippen LogP contribution in [0.1, 0.15) is 54.3 Å². The van der Waals surface area contributed by atoms with Gasteiger partial charge >= 0.3 is 0 Å². The molecule has 0 saturated heterocycles. The number of aliphatic hydroxyl groups is 1. The largest absolute Gasteiger partial charge is 0.396 e. The number of carbonyl (C=O) groups excluding carboxylic acids is 1. The molecule has 3 rings (SSSR count). The Morgan fingerprint density at radius 1 is 1.37 bits per heavy atom. The molecule has 5 nitrogen and oxygen atoms in total. The van der Waals surface area contributed by atoms with Gasteiger partial charge in [-0.3, -0.25) is 4.79 Å². The Morgan fingerprint density at radius 3 is 2.89 bits per heavy atom. The summed E-state index contributed by atoms with van der Waals surface area (Å²) in [5, 5.41) is 16.0. The smallest absolute Gasteiger partial charge is 0.273 e. The summed E-state index contributed by atoms with van der Waals surface area (Å²) in [5.74, 6) is 1.87. The zero-order valence-electron chi connectivity index (χ0n) is 11.0. The van der Waals surface area contributed by atoms with Gasteiger partial charge in [-0.05, 0) is 37.5 Å². The van der Waals surface area contributed by atoms with E-state index in [4.69, 9.17) is 4.52 Å². The van der Waals surface area contributed by atoms with Crippen molar-refractivity contribution in [2.24, 2.45) is 11.8 Å². The number of nitrogens with one attached hydrogen (secondary N) is 1. The average molecular weight is 264 g/mol. The van der Waals surface area contributed by atoms with E-state index in [1.165, 1.54) is 0 Å². The molecule has 0 bridgehead atoms. The van der Waals surface area contributed by atoms with E-state index in [9.17, 15) is 9.90 Å². The number of aliphatic hydroxyl groups excluding tert-OH is 1. The molecule has 0 aromatic carbocycles. The Hall–Kier alpha value is -1.36. The molecule has 104 valence electrons. The summed E-state index contributed by atoms with van der Waals surface area (Å²) in [5.41, 5.74) is 0.375. The van der Waals surface area contributed by atoms with Gasteiger partial charge in [-0.1, -0.05) is 11.6 Å². The summed E-state index contributed by atoms with van der Waals surface area (Å²) in [6, 6.07) is 1.76. The van der Waals surface area contributed by atoms with Gasteiger partial charge in [0.1, 0.15) is 5.76 Å². The molecule has 19 heavy (non-hydrogen) atoms. The zero-order chi connectivity index (χ0) is 13.2. The van der Waals surface area contributed by atoms with E-state index >= 15 is 0 Å². The third-order valence-electron chi connectivity index (χ3n) is 4.32. The Labute approximate surface area is 112 Å². The topological polar surface area (TPSA) is 75.4 Å². The summed E-state index contributed by atoms with van der Waals surface area (Å²) < 4.78 is 5.17. The molecule has 2 saturated carbocycles. The Balaban J connectivity index is 1.52. The standard InChI is InChI=1S/C14H20N2O3/c17-8-11-3-1-2-10(11)7-15-14(18)12-6-13(19-16-12)9-4-5-9/h6,9-11,17H,1-5,7-8H2,(H,15,18). The van der Waals surface area contributed by atoms with Crippen LogP contribution in [-0.4, -0.2) is 29.3 Å². The molecular formula is C14H20N2O3. The van der Waals surface area contributed by atoms with E-state index in [0.717, 1.165) is 37.9 Å². The van der Waals surface area contributed by atoms with E-state index < -0.39 is 0 Å². The highest BCUT2D eigenvalue weighted by molar-refractivity contribution is 5.92. The highest BCUT2D eigenvalue weighted by Crippen LogP contribution is 2.40. The van der Waals surface area contributed by atoms with Gasteiger partial charge in [0, 0.05) is 25.1 Å². The normalized spacial score (nSPS) is 26.6. The van der Waals surface area contributed by atoms with E-state index in [0.29, 0.717) is 30.0 Å². The summed E-state index contributed by atoms with van der Waals surface area (Å²) in [6.45, 7) is 0.839. The van der Waals surface area contributed by atoms with Gasteiger partial charge in [0.2, 0.25) is 0 Å². The van der Waals surface area contributed by atoms with Crippen LogP contribution in [0.3, 0.4) is 0 Å². The minimum absolute atomic E-state index is 0.167. The van der Waals surface area contributed by atoms with Crippen molar-refractivity contribution in [3.05, 3.63) is 17.5 Å². The molecule has 2 aliphatic carbocycles. The molecule has 5 heteroatoms. The third kappa shape index (κ3) is 2.81. The minimum Gasteiger partial charge on any atom is -0.396 e. The number of hydrogen-bond acceptors (Lipinski definition) is 4. The zero-order valence-corrected chi connectivity index (χ0v) is 11.0. The monoisotopic (exact) mass is 264 g/mol. The maximum absolute atomic E-state index is 12.0. The van der Waals surface area contributed by atoms with Gasteiger partial charge in [0.05, 0.1) is 0 Å². The fourth-order valence-electron chi connectivity index (χ4n) is 2.89. The Bertz CT molecular complexity index is 453. The second-order valence-corrected chi connectivity index (χ2v) is 5.73. The lowest BCUT2D eigenvalue weighted by Crippen LogP contribution is -2.31. The van der Waals surface area contributed by atoms with Crippen LogP contribution in [-0.2, 0) is 0 Å². The second-order valence-electron chi connectivity index (χ2n) is 5.73. The van der Waals surface area contributed by atoms with Crippen LogP contribution >= 0.6 is 0 Å². The highest BCUT2D eigenvalue weighted by Gasteiger charge is 2.30. The number of amides is 1. The first-order valence-electron chi connectivity index (χ1n) is 7.13. The van der Waals surface area contributed by atoms with E-state index in [1.54, 1.807) is 6.07 Å². The summed E-state index contributed by atoms with van der Waals surface area (Å²) >= 11 is 0. The SMILES string of the molecule is O=C(NCC1CCCC1CO)c1cc(C2CC2)on1. The predicted molar refractivity (Wildman–Crippen MR) is 68.7 cm³/mol. The number of carbonyl (C=O) groups is 1. The molecule has 0 spiro atoms. The van der Waals surface area contributed by atoms with Crippen molar-refractivity contribution < 1.29 is 14.4 Å². The third-order valence-corrected chi connectivity index (χ3v) is 4.32. The molecule has 1 aromatic heterocycles. The first-order chi connectivity index (χ1) is 9.28. The van der Waals surface area contributed by atoms with Crippen molar-refractivity contribution in [2.75, 3.05) is 13.2 Å². The molecule has 2 fully saturated rings. The van der Waals surface area contributed by atoms with Crippen LogP contribution in [0.2, 0.25) is 0 Å². The maximum atomic E-state index is 12.0. The molecule has 0 radical (unpaired) electrons. The maximum Gasteiger partial charge on any atom is 0.273 e. The van der Waals surface area contributed by atoms with Crippen LogP contribution in [0.4, 0.5) is 0 Å². The van der Waals surface area contributed by atoms with Crippen molar-refractivity contribution in [3.8, 4) is 0 Å². The fourth-order valence-corrected chi connectivity index (χ4v) is 2.89. The highest BCUT2D eigenvalue weighted by atomic mass is 16.5. The molecule has 1 aromatic rings. The number of aromatic nitrogens is 1. The fraction of sp³-hybridized carbons (Fsp3) is 0.714. The molecular weight excluding hydrogens is 244 g/mol. The number of rotatable bonds is 5. The van der Waals surface area contributed by atoms with Gasteiger partial charge in [0.15, 0.2) is 5.69 Å². The molecule has 1 heterocycles. The lowest BCUT2D eigenvalue weighted by atomic mass is 9.97. The predicted octanol–water partition coefficient (Wildman–Crippen LogP) is 1.69. The van der Waals surface area contributed by atoms with Crippen LogP contribution in [0, 0.1) is 11.8 Å². The summed E-state index contributed by atoms with van der Waals surface area (Å²) in [7, 11) is 0. The van der Waals surface area contributed by atoms with Crippen molar-refractivity contribution in [2.45, 2.75) is 38.0 Å². The summed E-state index contributed by atoms with van der Waals surface area (Å²) in [4.78, 5) is 12.0. The van der Waals surface area contributed by atoms with Crippen molar-refractivity contribution in [1.29, 1.82) is 0 Å². The Kier molecular flexibility index (Phi) is 3.55. The second kappa shape index (κ2) is 5.33. The van der Waals surface area contributed by atoms with Gasteiger partial charge in [0.25, 0.3) is 5.91 Å². The molecule has 2 aliphatic rings. The molecule has 0 aliphatic heterocycles. The van der Waals surface area contributed by atoms with Crippen LogP contribution in [0.5, 0.6) is 0 Å². The lowest BCUT2D eigenvalue weighted by Gasteiger charge is -2.17. The lowest BCUT2D eigenvalue weighted by molar-refractivity contribution is 0.0928. The van der Waals surface area contributed by atoms with Crippen molar-refractivity contribution in [3.63, 3.8) is 0 Å². The first kappa shape index (κ1) is 12.7. The van der Waals surface area contributed by atoms with E-state index in [2.05, 4.69) is 10.5 Å². The van der Waals surface area contributed by atoms with E-state index in [1.807, 2.05) is 0 Å². The van der Waals surface area contributed by atoms with E-state index in [-0.39, 0.29) is 12.5 Å². The summed E-state index contributed by atoms with van der Waals surface area (Å²) in [6.07, 6.45) is 5.55. The van der Waals surface area contributed by atoms with Crippen molar-refractivity contribution >= 4 is 5.91 Å². The minimum atomic E-state index is -0.167. The first-order valence-corrected chi connectivity index (χ1v) is 7.13. The average Bonchev–Trinajstić information content (AvgIpc) is 3.00. The quantitative estimate of drug-likeness (QED) is 0.848. The van der Waals surface area contributed by atoms with Crippen LogP contribution in [0.25, 0.3) is 0 Å². The van der Waals surface area contributed by atoms with Crippen molar-refractivity contribution in [1.82, 2.24) is 10.5 Å². The van der Waals surface area contributed by atoms with Gasteiger partial charge < -0.3 is 14.9 Å². The van der Waals surface area contributed by atoms with Gasteiger partial charge in [-0.25, -0.2) is 0 Å². The molecule has 2 atom stereocenters. The molecule has 1 amide bonds. The van der Waals surface area contributed by atoms with Crippen LogP contribution < -0.4 is 5.32 Å². The van der Waals surface area contributed by atoms with Gasteiger partial charge in [-0.15, -0.1) is 0 Å². The molecule has 2 N–H and O–H groups in total.